The molecule has 0 aromatic rings. The van der Waals surface area contributed by atoms with Gasteiger partial charge in [-0.1, -0.05) is 0 Å². The van der Waals surface area contributed by atoms with E-state index in [0.29, 0.717) is 0 Å². The minimum atomic E-state index is -0.977. The van der Waals surface area contributed by atoms with Gasteiger partial charge in [0.05, 0.1) is 31.4 Å². The fourth-order valence-corrected chi connectivity index (χ4v) is 4.19. The summed E-state index contributed by atoms with van der Waals surface area (Å²) in [4.78, 5) is 73.2. The number of hydrogen-bond acceptors (Lipinski definition) is 10. The van der Waals surface area contributed by atoms with Crippen LogP contribution in [0.25, 0.3) is 0 Å². The van der Waals surface area contributed by atoms with Crippen LogP contribution in [-0.2, 0) is 38.2 Å². The molecule has 1 heterocycles. The molecule has 180 valence electrons. The normalized spacial score (nSPS) is 17.6. The lowest BCUT2D eigenvalue weighted by molar-refractivity contribution is -0.145. The molecule has 1 fully saturated rings. The summed E-state index contributed by atoms with van der Waals surface area (Å²) in [6, 6.07) is -1.94. The Hall–Kier alpha value is -2.47. The highest BCUT2D eigenvalue weighted by atomic mass is 32.2. The number of hydrogen-bond donors (Lipinski definition) is 2. The number of nitrogens with one attached hydrogen (secondary N) is 1. The Morgan fingerprint density at radius 2 is 1.88 bits per heavy atom. The average molecular weight is 474 g/mol. The Balaban J connectivity index is 2.71. The molecule has 1 aliphatic rings. The van der Waals surface area contributed by atoms with Crippen LogP contribution in [0.3, 0.4) is 0 Å². The molecule has 3 amide bonds. The van der Waals surface area contributed by atoms with Crippen molar-refractivity contribution >= 4 is 47.2 Å². The van der Waals surface area contributed by atoms with Crippen molar-refractivity contribution in [1.29, 1.82) is 0 Å². The second kappa shape index (κ2) is 13.8. The average Bonchev–Trinajstić information content (AvgIpc) is 3.04. The summed E-state index contributed by atoms with van der Waals surface area (Å²) in [6.45, 7) is 3.78. The molecule has 1 saturated heterocycles. The van der Waals surface area contributed by atoms with Crippen molar-refractivity contribution in [2.45, 2.75) is 63.3 Å². The van der Waals surface area contributed by atoms with Crippen LogP contribution in [0.15, 0.2) is 0 Å². The molecule has 0 aromatic heterocycles. The molecule has 1 aliphatic heterocycles. The third-order valence-corrected chi connectivity index (χ3v) is 6.08. The third-order valence-electron chi connectivity index (χ3n) is 4.78. The van der Waals surface area contributed by atoms with Crippen LogP contribution >= 0.6 is 11.8 Å². The molecule has 0 saturated carbocycles. The second-order valence-corrected chi connectivity index (χ2v) is 8.30. The van der Waals surface area contributed by atoms with Crippen LogP contribution in [0, 0.1) is 0 Å². The molecular formula is C20H31N3O8S. The molecule has 0 bridgehead atoms. The van der Waals surface area contributed by atoms with Crippen LogP contribution in [0.2, 0.25) is 0 Å². The smallest absolute Gasteiger partial charge is 0.322 e. The Kier molecular flexibility index (Phi) is 11.9. The molecule has 1 rings (SSSR count). The maximum atomic E-state index is 12.6. The van der Waals surface area contributed by atoms with Crippen molar-refractivity contribution in [1.82, 2.24) is 10.2 Å². The molecule has 0 spiro atoms. The van der Waals surface area contributed by atoms with Gasteiger partial charge in [0.2, 0.25) is 17.7 Å². The van der Waals surface area contributed by atoms with Crippen LogP contribution in [0.1, 0.15) is 46.0 Å². The van der Waals surface area contributed by atoms with Crippen LogP contribution in [0.4, 0.5) is 0 Å². The standard InChI is InChI=1S/C20H31N3O8S/c1-4-23-17(26)10-15(19(23)28)32-11-13(14(24)7-9-18(27)30-3)22-16(25)8-6-12(21)20(29)31-5-2/h12-13,15H,4-11,21H2,1-3H3,(H,22,25). The minimum absolute atomic E-state index is 0.0297. The quantitative estimate of drug-likeness (QED) is 0.249. The van der Waals surface area contributed by atoms with Crippen molar-refractivity contribution in [3.8, 4) is 0 Å². The van der Waals surface area contributed by atoms with E-state index in [1.165, 1.54) is 7.11 Å². The van der Waals surface area contributed by atoms with Gasteiger partial charge in [-0.05, 0) is 20.3 Å². The number of nitrogens with two attached hydrogens (primary N) is 1. The first-order valence-corrected chi connectivity index (χ1v) is 11.5. The number of methoxy groups -OCH3 is 1. The van der Waals surface area contributed by atoms with Crippen molar-refractivity contribution in [2.75, 3.05) is 26.0 Å². The fraction of sp³-hybridized carbons (Fsp3) is 0.700. The number of carbonyl (C=O) groups is 6. The number of rotatable bonds is 14. The Bertz CT molecular complexity index is 730. The first-order valence-electron chi connectivity index (χ1n) is 10.4. The van der Waals surface area contributed by atoms with E-state index in [9.17, 15) is 28.8 Å². The number of ketones is 1. The second-order valence-electron chi connectivity index (χ2n) is 7.06. The highest BCUT2D eigenvalue weighted by molar-refractivity contribution is 8.00. The van der Waals surface area contributed by atoms with Gasteiger partial charge in [0.15, 0.2) is 5.78 Å². The van der Waals surface area contributed by atoms with E-state index in [-0.39, 0.29) is 62.8 Å². The first kappa shape index (κ1) is 27.6. The number of esters is 2. The predicted molar refractivity (Wildman–Crippen MR) is 115 cm³/mol. The van der Waals surface area contributed by atoms with Crippen LogP contribution < -0.4 is 11.1 Å². The number of imide groups is 1. The maximum absolute atomic E-state index is 12.6. The zero-order chi connectivity index (χ0) is 24.3. The van der Waals surface area contributed by atoms with Crippen molar-refractivity contribution in [2.24, 2.45) is 5.73 Å². The topological polar surface area (TPSA) is 162 Å². The van der Waals surface area contributed by atoms with Gasteiger partial charge in [0, 0.05) is 31.6 Å². The van der Waals surface area contributed by atoms with E-state index in [1.807, 2.05) is 0 Å². The first-order chi connectivity index (χ1) is 15.1. The predicted octanol–water partition coefficient (Wildman–Crippen LogP) is -0.455. The summed E-state index contributed by atoms with van der Waals surface area (Å²) in [6.07, 6.45) is -0.357. The lowest BCUT2D eigenvalue weighted by Gasteiger charge is -2.19. The number of carbonyl (C=O) groups excluding carboxylic acids is 6. The Labute approximate surface area is 191 Å². The summed E-state index contributed by atoms with van der Waals surface area (Å²) in [5.74, 6) is -2.65. The molecule has 0 aromatic carbocycles. The molecular weight excluding hydrogens is 442 g/mol. The van der Waals surface area contributed by atoms with Gasteiger partial charge in [-0.25, -0.2) is 0 Å². The Morgan fingerprint density at radius 3 is 2.44 bits per heavy atom. The SMILES string of the molecule is CCOC(=O)C(N)CCC(=O)NC(CSC1CC(=O)N(CC)C1=O)C(=O)CCC(=O)OC. The lowest BCUT2D eigenvalue weighted by atomic mass is 10.1. The van der Waals surface area contributed by atoms with Gasteiger partial charge in [-0.2, -0.15) is 0 Å². The highest BCUT2D eigenvalue weighted by Gasteiger charge is 2.38. The van der Waals surface area contributed by atoms with Gasteiger partial charge in [-0.15, -0.1) is 11.8 Å². The van der Waals surface area contributed by atoms with E-state index >= 15 is 0 Å². The van der Waals surface area contributed by atoms with E-state index < -0.39 is 41.0 Å². The number of nitrogens with zero attached hydrogens (tertiary/aromatic N) is 1. The zero-order valence-electron chi connectivity index (χ0n) is 18.6. The molecule has 32 heavy (non-hydrogen) atoms. The molecule has 3 atom stereocenters. The third kappa shape index (κ3) is 8.58. The zero-order valence-corrected chi connectivity index (χ0v) is 19.4. The van der Waals surface area contributed by atoms with Crippen LogP contribution in [0.5, 0.6) is 0 Å². The molecule has 3 unspecified atom stereocenters. The van der Waals surface area contributed by atoms with E-state index in [2.05, 4.69) is 10.1 Å². The van der Waals surface area contributed by atoms with Crippen molar-refractivity contribution in [3.63, 3.8) is 0 Å². The number of amides is 3. The van der Waals surface area contributed by atoms with Gasteiger partial charge in [0.25, 0.3) is 0 Å². The van der Waals surface area contributed by atoms with Gasteiger partial charge in [-0.3, -0.25) is 33.7 Å². The van der Waals surface area contributed by atoms with Gasteiger partial charge in [0.1, 0.15) is 6.04 Å². The van der Waals surface area contributed by atoms with E-state index in [4.69, 9.17) is 10.5 Å². The monoisotopic (exact) mass is 473 g/mol. The fourth-order valence-electron chi connectivity index (χ4n) is 2.96. The number of thioether (sulfide) groups is 1. The summed E-state index contributed by atoms with van der Waals surface area (Å²) in [5.41, 5.74) is 5.68. The summed E-state index contributed by atoms with van der Waals surface area (Å²) < 4.78 is 9.32. The van der Waals surface area contributed by atoms with Gasteiger partial charge >= 0.3 is 11.9 Å². The number of likely N-dealkylation sites (tertiary alicyclic amines) is 1. The number of Topliss-reactive ketones (excluding diaryl/α,β-unsaturated/α-hetero) is 1. The van der Waals surface area contributed by atoms with Gasteiger partial charge < -0.3 is 20.5 Å². The highest BCUT2D eigenvalue weighted by Crippen LogP contribution is 2.26. The lowest BCUT2D eigenvalue weighted by Crippen LogP contribution is -2.44. The van der Waals surface area contributed by atoms with Crippen molar-refractivity contribution < 1.29 is 38.2 Å². The molecule has 0 aliphatic carbocycles. The minimum Gasteiger partial charge on any atom is -0.469 e. The molecule has 11 nitrogen and oxygen atoms in total. The van der Waals surface area contributed by atoms with E-state index in [1.54, 1.807) is 13.8 Å². The maximum Gasteiger partial charge on any atom is 0.322 e. The van der Waals surface area contributed by atoms with E-state index in [0.717, 1.165) is 16.7 Å². The summed E-state index contributed by atoms with van der Waals surface area (Å²) in [7, 11) is 1.21. The van der Waals surface area contributed by atoms with Crippen molar-refractivity contribution in [3.05, 3.63) is 0 Å². The number of ether oxygens (including phenoxy) is 2. The Morgan fingerprint density at radius 1 is 1.19 bits per heavy atom. The summed E-state index contributed by atoms with van der Waals surface area (Å²) >= 11 is 1.11. The molecule has 0 radical (unpaired) electrons. The summed E-state index contributed by atoms with van der Waals surface area (Å²) in [5, 5.41) is 1.95. The van der Waals surface area contributed by atoms with Crippen LogP contribution in [-0.4, -0.2) is 83.7 Å². The largest absolute Gasteiger partial charge is 0.469 e. The molecule has 12 heteroatoms. The molecule has 3 N–H and O–H groups in total.